The molecule has 2 aromatic heterocycles. The van der Waals surface area contributed by atoms with Crippen LogP contribution in [0.25, 0.3) is 5.78 Å². The molecule has 0 atom stereocenters. The molecule has 3 rings (SSSR count). The standard InChI is InChI=1S/C17H19BrN6O/c1-3-4-12-8-15(24-17(23-12)20-10-21-24)19-9-16(25)22-13-5-6-14(18)11(2)7-13/h5-8,10,19H,3-4,9H2,1-2H3,(H,22,25). The number of rotatable bonds is 6. The molecule has 0 saturated carbocycles. The van der Waals surface area contributed by atoms with Gasteiger partial charge in [-0.3, -0.25) is 4.79 Å². The van der Waals surface area contributed by atoms with E-state index in [1.165, 1.54) is 6.33 Å². The number of hydrogen-bond donors (Lipinski definition) is 2. The molecule has 25 heavy (non-hydrogen) atoms. The lowest BCUT2D eigenvalue weighted by Crippen LogP contribution is -2.23. The van der Waals surface area contributed by atoms with Crippen molar-refractivity contribution >= 4 is 39.1 Å². The second kappa shape index (κ2) is 7.60. The van der Waals surface area contributed by atoms with Crippen molar-refractivity contribution < 1.29 is 4.79 Å². The van der Waals surface area contributed by atoms with Crippen molar-refractivity contribution in [2.75, 3.05) is 17.2 Å². The largest absolute Gasteiger partial charge is 0.361 e. The fourth-order valence-corrected chi connectivity index (χ4v) is 2.72. The molecule has 2 heterocycles. The summed E-state index contributed by atoms with van der Waals surface area (Å²) in [6, 6.07) is 7.60. The second-order valence-corrected chi connectivity index (χ2v) is 6.57. The molecule has 0 radical (unpaired) electrons. The van der Waals surface area contributed by atoms with E-state index in [2.05, 4.69) is 48.6 Å². The smallest absolute Gasteiger partial charge is 0.254 e. The fourth-order valence-electron chi connectivity index (χ4n) is 2.47. The Kier molecular flexibility index (Phi) is 5.28. The van der Waals surface area contributed by atoms with Crippen LogP contribution in [0.1, 0.15) is 24.6 Å². The Morgan fingerprint density at radius 1 is 1.32 bits per heavy atom. The van der Waals surface area contributed by atoms with Crippen LogP contribution in [0.3, 0.4) is 0 Å². The first-order valence-electron chi connectivity index (χ1n) is 8.06. The maximum Gasteiger partial charge on any atom is 0.254 e. The number of carbonyl (C=O) groups is 1. The van der Waals surface area contributed by atoms with Gasteiger partial charge in [-0.25, -0.2) is 4.98 Å². The highest BCUT2D eigenvalue weighted by Crippen LogP contribution is 2.20. The third-order valence-electron chi connectivity index (χ3n) is 3.68. The molecule has 0 fully saturated rings. The van der Waals surface area contributed by atoms with Gasteiger partial charge in [0.05, 0.1) is 6.54 Å². The Morgan fingerprint density at radius 2 is 2.16 bits per heavy atom. The summed E-state index contributed by atoms with van der Waals surface area (Å²) in [6.45, 7) is 4.20. The Labute approximate surface area is 154 Å². The molecule has 0 spiro atoms. The van der Waals surface area contributed by atoms with Crippen LogP contribution >= 0.6 is 15.9 Å². The highest BCUT2D eigenvalue weighted by molar-refractivity contribution is 9.10. The van der Waals surface area contributed by atoms with Gasteiger partial charge in [0.1, 0.15) is 12.1 Å². The minimum atomic E-state index is -0.135. The van der Waals surface area contributed by atoms with E-state index in [0.717, 1.165) is 34.3 Å². The number of amides is 1. The van der Waals surface area contributed by atoms with Gasteiger partial charge in [0.15, 0.2) is 0 Å². The van der Waals surface area contributed by atoms with Crippen LogP contribution in [-0.2, 0) is 11.2 Å². The average Bonchev–Trinajstić information content (AvgIpc) is 3.05. The molecule has 0 aliphatic carbocycles. The minimum Gasteiger partial charge on any atom is -0.361 e. The Bertz CT molecular complexity index is 907. The SMILES string of the molecule is CCCc1cc(NCC(=O)Nc2ccc(Br)c(C)c2)n2ncnc2n1. The lowest BCUT2D eigenvalue weighted by atomic mass is 10.2. The Morgan fingerprint density at radius 3 is 2.92 bits per heavy atom. The van der Waals surface area contributed by atoms with Gasteiger partial charge < -0.3 is 10.6 Å². The maximum atomic E-state index is 12.2. The zero-order chi connectivity index (χ0) is 17.8. The summed E-state index contributed by atoms with van der Waals surface area (Å²) in [7, 11) is 0. The van der Waals surface area contributed by atoms with Crippen LogP contribution in [0.5, 0.6) is 0 Å². The molecule has 0 aliphatic rings. The zero-order valence-corrected chi connectivity index (χ0v) is 15.7. The number of nitrogens with zero attached hydrogens (tertiary/aromatic N) is 4. The van der Waals surface area contributed by atoms with Gasteiger partial charge in [0.25, 0.3) is 5.78 Å². The van der Waals surface area contributed by atoms with Crippen molar-refractivity contribution in [3.8, 4) is 0 Å². The van der Waals surface area contributed by atoms with Crippen molar-refractivity contribution in [3.63, 3.8) is 0 Å². The number of hydrogen-bond acceptors (Lipinski definition) is 5. The zero-order valence-electron chi connectivity index (χ0n) is 14.1. The number of anilines is 2. The second-order valence-electron chi connectivity index (χ2n) is 5.72. The van der Waals surface area contributed by atoms with Crippen LogP contribution in [0.15, 0.2) is 35.1 Å². The molecular weight excluding hydrogens is 384 g/mol. The quantitative estimate of drug-likeness (QED) is 0.661. The number of aromatic nitrogens is 4. The molecule has 1 aromatic carbocycles. The molecule has 8 heteroatoms. The summed E-state index contributed by atoms with van der Waals surface area (Å²) < 4.78 is 2.60. The molecule has 130 valence electrons. The molecule has 0 aliphatic heterocycles. The number of halogens is 1. The van der Waals surface area contributed by atoms with Gasteiger partial charge in [0, 0.05) is 21.9 Å². The molecule has 2 N–H and O–H groups in total. The number of fused-ring (bicyclic) bond motifs is 1. The van der Waals surface area contributed by atoms with E-state index in [0.29, 0.717) is 11.6 Å². The highest BCUT2D eigenvalue weighted by atomic mass is 79.9. The van der Waals surface area contributed by atoms with Crippen LogP contribution in [-0.4, -0.2) is 32.0 Å². The molecule has 0 bridgehead atoms. The Balaban J connectivity index is 1.70. The molecule has 0 saturated heterocycles. The third kappa shape index (κ3) is 4.14. The van der Waals surface area contributed by atoms with Gasteiger partial charge in [-0.15, -0.1) is 0 Å². The number of carbonyl (C=O) groups excluding carboxylic acids is 1. The molecule has 7 nitrogen and oxygen atoms in total. The first-order chi connectivity index (χ1) is 12.1. The predicted octanol–water partition coefficient (Wildman–Crippen LogP) is 3.20. The Hall–Kier alpha value is -2.48. The van der Waals surface area contributed by atoms with Gasteiger partial charge in [-0.1, -0.05) is 29.3 Å². The van der Waals surface area contributed by atoms with E-state index >= 15 is 0 Å². The number of benzene rings is 1. The van der Waals surface area contributed by atoms with E-state index in [-0.39, 0.29) is 12.5 Å². The van der Waals surface area contributed by atoms with E-state index in [4.69, 9.17) is 0 Å². The van der Waals surface area contributed by atoms with Crippen molar-refractivity contribution in [1.82, 2.24) is 19.6 Å². The van der Waals surface area contributed by atoms with Crippen molar-refractivity contribution in [2.24, 2.45) is 0 Å². The number of nitrogens with one attached hydrogen (secondary N) is 2. The van der Waals surface area contributed by atoms with Crippen molar-refractivity contribution in [3.05, 3.63) is 46.3 Å². The van der Waals surface area contributed by atoms with E-state index in [1.54, 1.807) is 4.52 Å². The number of aryl methyl sites for hydroxylation is 2. The summed E-state index contributed by atoms with van der Waals surface area (Å²) in [6.07, 6.45) is 3.29. The van der Waals surface area contributed by atoms with Gasteiger partial charge in [-0.05, 0) is 37.1 Å². The summed E-state index contributed by atoms with van der Waals surface area (Å²) in [5.41, 5.74) is 2.75. The highest BCUT2D eigenvalue weighted by Gasteiger charge is 2.09. The summed E-state index contributed by atoms with van der Waals surface area (Å²) >= 11 is 3.45. The lowest BCUT2D eigenvalue weighted by Gasteiger charge is -2.11. The van der Waals surface area contributed by atoms with E-state index < -0.39 is 0 Å². The van der Waals surface area contributed by atoms with Crippen LogP contribution in [0, 0.1) is 6.92 Å². The van der Waals surface area contributed by atoms with Gasteiger partial charge in [-0.2, -0.15) is 14.6 Å². The molecule has 3 aromatic rings. The normalized spacial score (nSPS) is 10.8. The van der Waals surface area contributed by atoms with Gasteiger partial charge >= 0.3 is 0 Å². The lowest BCUT2D eigenvalue weighted by molar-refractivity contribution is -0.114. The summed E-state index contributed by atoms with van der Waals surface area (Å²) in [5, 5.41) is 10.1. The average molecular weight is 403 g/mol. The fraction of sp³-hybridized carbons (Fsp3) is 0.294. The molecular formula is C17H19BrN6O. The van der Waals surface area contributed by atoms with E-state index in [1.807, 2.05) is 31.2 Å². The first kappa shape index (κ1) is 17.3. The molecule has 1 amide bonds. The predicted molar refractivity (Wildman–Crippen MR) is 101 cm³/mol. The first-order valence-corrected chi connectivity index (χ1v) is 8.85. The molecule has 0 unspecified atom stereocenters. The summed E-state index contributed by atoms with van der Waals surface area (Å²) in [4.78, 5) is 20.8. The topological polar surface area (TPSA) is 84.2 Å². The summed E-state index contributed by atoms with van der Waals surface area (Å²) in [5.74, 6) is 1.09. The van der Waals surface area contributed by atoms with Gasteiger partial charge in [0.2, 0.25) is 5.91 Å². The van der Waals surface area contributed by atoms with Crippen LogP contribution < -0.4 is 10.6 Å². The minimum absolute atomic E-state index is 0.125. The van der Waals surface area contributed by atoms with Crippen molar-refractivity contribution in [1.29, 1.82) is 0 Å². The van der Waals surface area contributed by atoms with Crippen molar-refractivity contribution in [2.45, 2.75) is 26.7 Å². The third-order valence-corrected chi connectivity index (χ3v) is 4.57. The van der Waals surface area contributed by atoms with Crippen LogP contribution in [0.2, 0.25) is 0 Å². The van der Waals surface area contributed by atoms with E-state index in [9.17, 15) is 4.79 Å². The van der Waals surface area contributed by atoms with Crippen LogP contribution in [0.4, 0.5) is 11.5 Å². The maximum absolute atomic E-state index is 12.2. The monoisotopic (exact) mass is 402 g/mol.